The van der Waals surface area contributed by atoms with Crippen LogP contribution in [0.5, 0.6) is 23.0 Å². The van der Waals surface area contributed by atoms with Crippen molar-refractivity contribution in [3.63, 3.8) is 0 Å². The first-order chi connectivity index (χ1) is 24.9. The number of piperidine rings is 1. The van der Waals surface area contributed by atoms with E-state index in [2.05, 4.69) is 45.1 Å². The van der Waals surface area contributed by atoms with Gasteiger partial charge in [0.2, 0.25) is 17.6 Å². The number of benzene rings is 3. The molecule has 1 aromatic heterocycles. The number of aromatic nitrogens is 2. The lowest BCUT2D eigenvalue weighted by Gasteiger charge is -2.35. The molecule has 51 heavy (non-hydrogen) atoms. The minimum atomic E-state index is -0.490. The van der Waals surface area contributed by atoms with Crippen LogP contribution in [0.2, 0.25) is 0 Å². The SMILES string of the molecule is CCOCCn1c(NC2CCN(CCC3(Cc4ccc(OC)cc4)CCN(Cc4cc(OC)c(OC)c(OC)c4)C3=O)CC2)nc2ccccc21. The number of methoxy groups -OCH3 is 4. The van der Waals surface area contributed by atoms with Crippen molar-refractivity contribution in [3.05, 3.63) is 71.8 Å². The Bertz CT molecular complexity index is 1730. The van der Waals surface area contributed by atoms with Gasteiger partial charge in [-0.15, -0.1) is 0 Å². The number of fused-ring (bicyclic) bond motifs is 1. The Kier molecular flexibility index (Phi) is 11.9. The molecular weight excluding hydrogens is 646 g/mol. The van der Waals surface area contributed by atoms with Crippen molar-refractivity contribution in [1.29, 1.82) is 0 Å². The molecule has 0 aliphatic carbocycles. The van der Waals surface area contributed by atoms with E-state index < -0.39 is 5.41 Å². The number of carbonyl (C=O) groups excluding carboxylic acids is 1. The third-order valence-electron chi connectivity index (χ3n) is 10.5. The molecule has 0 radical (unpaired) electrons. The Hall–Kier alpha value is -4.48. The summed E-state index contributed by atoms with van der Waals surface area (Å²) in [4.78, 5) is 24.0. The summed E-state index contributed by atoms with van der Waals surface area (Å²) >= 11 is 0. The van der Waals surface area contributed by atoms with E-state index in [1.54, 1.807) is 28.4 Å². The number of para-hydroxylation sites is 2. The number of amides is 1. The van der Waals surface area contributed by atoms with E-state index in [4.69, 9.17) is 28.7 Å². The normalized spacial score (nSPS) is 18.4. The molecule has 2 aliphatic heterocycles. The van der Waals surface area contributed by atoms with Crippen LogP contribution in [0, 0.1) is 5.41 Å². The van der Waals surface area contributed by atoms with Gasteiger partial charge in [0.15, 0.2) is 11.5 Å². The first-order valence-corrected chi connectivity index (χ1v) is 18.1. The van der Waals surface area contributed by atoms with Gasteiger partial charge in [0.05, 0.1) is 51.5 Å². The zero-order chi connectivity index (χ0) is 35.8. The van der Waals surface area contributed by atoms with Crippen LogP contribution in [-0.4, -0.2) is 99.1 Å². The van der Waals surface area contributed by atoms with Crippen molar-refractivity contribution < 1.29 is 28.5 Å². The molecule has 4 aromatic rings. The quantitative estimate of drug-likeness (QED) is 0.132. The smallest absolute Gasteiger partial charge is 0.229 e. The summed E-state index contributed by atoms with van der Waals surface area (Å²) in [6.45, 7) is 8.13. The van der Waals surface area contributed by atoms with Crippen molar-refractivity contribution >= 4 is 22.9 Å². The van der Waals surface area contributed by atoms with Gasteiger partial charge in [-0.3, -0.25) is 4.79 Å². The number of carbonyl (C=O) groups is 1. The van der Waals surface area contributed by atoms with Crippen molar-refractivity contribution in [1.82, 2.24) is 19.4 Å². The van der Waals surface area contributed by atoms with Crippen LogP contribution in [0.3, 0.4) is 0 Å². The Labute approximate surface area is 301 Å². The van der Waals surface area contributed by atoms with Crippen LogP contribution >= 0.6 is 0 Å². The molecule has 274 valence electrons. The van der Waals surface area contributed by atoms with E-state index in [0.717, 1.165) is 85.7 Å². The molecule has 2 fully saturated rings. The molecule has 1 amide bonds. The lowest BCUT2D eigenvalue weighted by Crippen LogP contribution is -2.43. The molecule has 1 atom stereocenters. The minimum Gasteiger partial charge on any atom is -0.497 e. The first kappa shape index (κ1) is 36.3. The molecule has 11 nitrogen and oxygen atoms in total. The fourth-order valence-corrected chi connectivity index (χ4v) is 7.68. The lowest BCUT2D eigenvalue weighted by atomic mass is 9.77. The predicted octanol–water partition coefficient (Wildman–Crippen LogP) is 6.04. The Balaban J connectivity index is 1.13. The maximum absolute atomic E-state index is 14.5. The highest BCUT2D eigenvalue weighted by atomic mass is 16.5. The number of likely N-dealkylation sites (tertiary alicyclic amines) is 2. The monoisotopic (exact) mass is 699 g/mol. The number of rotatable bonds is 17. The van der Waals surface area contributed by atoms with Crippen molar-refractivity contribution in [2.45, 2.75) is 58.2 Å². The van der Waals surface area contributed by atoms with Gasteiger partial charge in [0.1, 0.15) is 5.75 Å². The highest BCUT2D eigenvalue weighted by Gasteiger charge is 2.46. The minimum absolute atomic E-state index is 0.203. The molecule has 6 rings (SSSR count). The Morgan fingerprint density at radius 3 is 2.25 bits per heavy atom. The largest absolute Gasteiger partial charge is 0.497 e. The number of imidazole rings is 1. The predicted molar refractivity (Wildman–Crippen MR) is 199 cm³/mol. The molecule has 0 saturated carbocycles. The van der Waals surface area contributed by atoms with E-state index in [1.807, 2.05) is 42.2 Å². The van der Waals surface area contributed by atoms with Crippen LogP contribution in [0.4, 0.5) is 5.95 Å². The number of nitrogens with one attached hydrogen (secondary N) is 1. The fourth-order valence-electron chi connectivity index (χ4n) is 7.68. The van der Waals surface area contributed by atoms with E-state index in [9.17, 15) is 4.79 Å². The summed E-state index contributed by atoms with van der Waals surface area (Å²) in [6, 6.07) is 20.6. The van der Waals surface area contributed by atoms with E-state index in [1.165, 1.54) is 0 Å². The van der Waals surface area contributed by atoms with Crippen LogP contribution in [0.15, 0.2) is 60.7 Å². The number of nitrogens with zero attached hydrogens (tertiary/aromatic N) is 4. The summed E-state index contributed by atoms with van der Waals surface area (Å²) in [5, 5.41) is 3.77. The maximum atomic E-state index is 14.5. The fraction of sp³-hybridized carbons (Fsp3) is 0.500. The van der Waals surface area contributed by atoms with Gasteiger partial charge < -0.3 is 43.4 Å². The van der Waals surface area contributed by atoms with Crippen LogP contribution in [0.1, 0.15) is 43.7 Å². The van der Waals surface area contributed by atoms with Gasteiger partial charge in [0.25, 0.3) is 0 Å². The third kappa shape index (κ3) is 8.20. The van der Waals surface area contributed by atoms with Crippen molar-refractivity contribution in [3.8, 4) is 23.0 Å². The molecular formula is C40H53N5O6. The first-order valence-electron chi connectivity index (χ1n) is 18.1. The number of anilines is 1. The standard InChI is InChI=1S/C40H53N5O6/c1-6-51-24-23-45-34-10-8-7-9-33(34)42-39(45)41-31-15-19-43(20-16-31)21-17-40(27-29-11-13-32(47-2)14-12-29)18-22-44(38(40)46)28-30-25-35(48-3)37(50-5)36(26-30)49-4/h7-14,25-26,31H,6,15-24,27-28H2,1-5H3,(H,41,42). The van der Waals surface area contributed by atoms with Crippen LogP contribution in [-0.2, 0) is 29.0 Å². The molecule has 3 aromatic carbocycles. The number of hydrogen-bond donors (Lipinski definition) is 1. The molecule has 11 heteroatoms. The van der Waals surface area contributed by atoms with Gasteiger partial charge in [-0.2, -0.15) is 0 Å². The van der Waals surface area contributed by atoms with E-state index >= 15 is 0 Å². The van der Waals surface area contributed by atoms with Gasteiger partial charge in [0, 0.05) is 45.4 Å². The van der Waals surface area contributed by atoms with E-state index in [-0.39, 0.29) is 5.91 Å². The van der Waals surface area contributed by atoms with Crippen LogP contribution < -0.4 is 24.3 Å². The second kappa shape index (κ2) is 16.7. The maximum Gasteiger partial charge on any atom is 0.229 e. The molecule has 0 bridgehead atoms. The number of ether oxygens (including phenoxy) is 5. The third-order valence-corrected chi connectivity index (χ3v) is 10.5. The second-order valence-corrected chi connectivity index (χ2v) is 13.6. The van der Waals surface area contributed by atoms with Gasteiger partial charge >= 0.3 is 0 Å². The molecule has 0 spiro atoms. The summed E-state index contributed by atoms with van der Waals surface area (Å²) in [6.07, 6.45) is 4.33. The number of hydrogen-bond acceptors (Lipinski definition) is 9. The molecule has 2 saturated heterocycles. The van der Waals surface area contributed by atoms with Gasteiger partial charge in [-0.25, -0.2) is 4.98 Å². The summed E-state index contributed by atoms with van der Waals surface area (Å²) in [5.41, 5.74) is 3.72. The van der Waals surface area contributed by atoms with E-state index in [0.29, 0.717) is 56.0 Å². The summed E-state index contributed by atoms with van der Waals surface area (Å²) < 4.78 is 30.1. The molecule has 1 N–H and O–H groups in total. The summed E-state index contributed by atoms with van der Waals surface area (Å²) in [7, 11) is 6.50. The van der Waals surface area contributed by atoms with Gasteiger partial charge in [-0.1, -0.05) is 24.3 Å². The van der Waals surface area contributed by atoms with Gasteiger partial charge in [-0.05, 0) is 93.1 Å². The van der Waals surface area contributed by atoms with Crippen LogP contribution in [0.25, 0.3) is 11.0 Å². The average Bonchev–Trinajstić information content (AvgIpc) is 3.66. The zero-order valence-corrected chi connectivity index (χ0v) is 30.8. The average molecular weight is 700 g/mol. The summed E-state index contributed by atoms with van der Waals surface area (Å²) in [5.74, 6) is 3.65. The highest BCUT2D eigenvalue weighted by Crippen LogP contribution is 2.42. The Morgan fingerprint density at radius 1 is 0.863 bits per heavy atom. The second-order valence-electron chi connectivity index (χ2n) is 13.6. The zero-order valence-electron chi connectivity index (χ0n) is 30.8. The molecule has 1 unspecified atom stereocenters. The molecule has 2 aliphatic rings. The molecule has 3 heterocycles. The Morgan fingerprint density at radius 2 is 1.59 bits per heavy atom. The van der Waals surface area contributed by atoms with Crippen molar-refractivity contribution in [2.24, 2.45) is 5.41 Å². The highest BCUT2D eigenvalue weighted by molar-refractivity contribution is 5.85. The lowest BCUT2D eigenvalue weighted by molar-refractivity contribution is -0.137. The topological polar surface area (TPSA) is 99.5 Å². The van der Waals surface area contributed by atoms with Crippen molar-refractivity contribution in [2.75, 3.05) is 73.1 Å².